The second-order valence-electron chi connectivity index (χ2n) is 8.25. The molecule has 11 heteroatoms. The monoisotopic (exact) mass is 459 g/mol. The number of carbonyl (C=O) groups excluding carboxylic acids is 1. The lowest BCUT2D eigenvalue weighted by Crippen LogP contribution is -2.38. The number of H-pyrrole nitrogens is 1. The van der Waals surface area contributed by atoms with Gasteiger partial charge in [-0.3, -0.25) is 10.5 Å². The van der Waals surface area contributed by atoms with Crippen LogP contribution in [0.25, 0.3) is 27.7 Å². The third kappa shape index (κ3) is 3.89. The van der Waals surface area contributed by atoms with Gasteiger partial charge in [-0.2, -0.15) is 5.10 Å². The van der Waals surface area contributed by atoms with Gasteiger partial charge in [-0.05, 0) is 32.9 Å². The molecular formula is C21H23ClFN7O2. The molecule has 0 aliphatic rings. The Balaban J connectivity index is 1.78. The highest BCUT2D eigenvalue weighted by molar-refractivity contribution is 6.36. The minimum absolute atomic E-state index is 0.0132. The van der Waals surface area contributed by atoms with E-state index in [4.69, 9.17) is 16.3 Å². The van der Waals surface area contributed by atoms with E-state index >= 15 is 4.39 Å². The molecule has 0 bridgehead atoms. The van der Waals surface area contributed by atoms with E-state index in [1.807, 2.05) is 28.9 Å². The van der Waals surface area contributed by atoms with Crippen molar-refractivity contribution in [1.29, 1.82) is 0 Å². The van der Waals surface area contributed by atoms with Crippen molar-refractivity contribution >= 4 is 45.7 Å². The number of aromatic nitrogens is 4. The maximum Gasteiger partial charge on any atom is 0.428 e. The number of aromatic amines is 1. The third-order valence-corrected chi connectivity index (χ3v) is 5.09. The fraction of sp³-hybridized carbons (Fsp3) is 0.286. The molecule has 0 fully saturated rings. The van der Waals surface area contributed by atoms with Crippen LogP contribution in [0, 0.1) is 5.82 Å². The van der Waals surface area contributed by atoms with Gasteiger partial charge in [0.2, 0.25) is 0 Å². The summed E-state index contributed by atoms with van der Waals surface area (Å²) in [7, 11) is 3.22. The second kappa shape index (κ2) is 7.86. The molecule has 4 aromatic rings. The Morgan fingerprint density at radius 1 is 1.31 bits per heavy atom. The number of nitrogens with one attached hydrogen (secondary N) is 3. The highest BCUT2D eigenvalue weighted by atomic mass is 35.5. The first-order chi connectivity index (χ1) is 15.1. The quantitative estimate of drug-likeness (QED) is 0.375. The first kappa shape index (κ1) is 21.7. The van der Waals surface area contributed by atoms with E-state index in [9.17, 15) is 4.79 Å². The first-order valence-corrected chi connectivity index (χ1v) is 10.2. The molecule has 4 rings (SSSR count). The minimum atomic E-state index is -0.726. The summed E-state index contributed by atoms with van der Waals surface area (Å²) in [6.45, 7) is 5.23. The Morgan fingerprint density at radius 2 is 2.06 bits per heavy atom. The molecule has 0 unspecified atom stereocenters. The van der Waals surface area contributed by atoms with Gasteiger partial charge in [0.15, 0.2) is 5.82 Å². The summed E-state index contributed by atoms with van der Waals surface area (Å²) in [5.74, 6) is -0.0203. The van der Waals surface area contributed by atoms with Crippen LogP contribution in [-0.2, 0) is 4.74 Å². The maximum atomic E-state index is 15.4. The van der Waals surface area contributed by atoms with Crippen LogP contribution in [0.2, 0.25) is 5.02 Å². The Labute approximate surface area is 188 Å². The van der Waals surface area contributed by atoms with E-state index in [1.165, 1.54) is 7.05 Å². The molecule has 3 heterocycles. The number of fused-ring (bicyclic) bond motifs is 2. The molecule has 168 valence electrons. The van der Waals surface area contributed by atoms with Gasteiger partial charge < -0.3 is 14.5 Å². The number of benzene rings is 1. The highest BCUT2D eigenvalue weighted by Crippen LogP contribution is 2.41. The van der Waals surface area contributed by atoms with Crippen LogP contribution in [0.1, 0.15) is 20.8 Å². The fourth-order valence-corrected chi connectivity index (χ4v) is 3.61. The predicted octanol–water partition coefficient (Wildman–Crippen LogP) is 4.91. The molecule has 9 nitrogen and oxygen atoms in total. The number of rotatable bonds is 4. The van der Waals surface area contributed by atoms with Crippen molar-refractivity contribution in [3.8, 4) is 11.1 Å². The fourth-order valence-electron chi connectivity index (χ4n) is 3.30. The molecule has 0 aliphatic heterocycles. The van der Waals surface area contributed by atoms with Gasteiger partial charge in [0.25, 0.3) is 0 Å². The van der Waals surface area contributed by atoms with Gasteiger partial charge in [-0.1, -0.05) is 11.6 Å². The highest BCUT2D eigenvalue weighted by Gasteiger charge is 2.25. The zero-order valence-electron chi connectivity index (χ0n) is 18.2. The van der Waals surface area contributed by atoms with Gasteiger partial charge in [-0.15, -0.1) is 0 Å². The van der Waals surface area contributed by atoms with Crippen LogP contribution in [0.4, 0.5) is 20.7 Å². The van der Waals surface area contributed by atoms with Crippen molar-refractivity contribution in [2.75, 3.05) is 24.8 Å². The average Bonchev–Trinajstić information content (AvgIpc) is 3.36. The van der Waals surface area contributed by atoms with E-state index in [0.717, 1.165) is 10.7 Å². The molecule has 0 spiro atoms. The zero-order chi connectivity index (χ0) is 23.2. The number of imidazole rings is 1. The van der Waals surface area contributed by atoms with Crippen molar-refractivity contribution in [2.24, 2.45) is 0 Å². The van der Waals surface area contributed by atoms with Gasteiger partial charge in [-0.25, -0.2) is 19.2 Å². The minimum Gasteiger partial charge on any atom is -0.442 e. The summed E-state index contributed by atoms with van der Waals surface area (Å²) < 4.78 is 22.6. The lowest BCUT2D eigenvalue weighted by molar-refractivity contribution is 0.0339. The predicted molar refractivity (Wildman–Crippen MR) is 122 cm³/mol. The van der Waals surface area contributed by atoms with Crippen molar-refractivity contribution in [1.82, 2.24) is 24.6 Å². The van der Waals surface area contributed by atoms with E-state index in [1.54, 1.807) is 34.0 Å². The van der Waals surface area contributed by atoms with Crippen LogP contribution in [0.15, 0.2) is 30.7 Å². The van der Waals surface area contributed by atoms with E-state index in [-0.39, 0.29) is 10.7 Å². The Kier molecular flexibility index (Phi) is 5.33. The number of halogens is 2. The summed E-state index contributed by atoms with van der Waals surface area (Å²) in [6.07, 6.45) is 4.53. The first-order valence-electron chi connectivity index (χ1n) is 9.83. The number of carbonyl (C=O) groups is 1. The molecule has 32 heavy (non-hydrogen) atoms. The van der Waals surface area contributed by atoms with E-state index in [0.29, 0.717) is 27.8 Å². The molecule has 1 amide bonds. The number of amides is 1. The molecule has 0 saturated carbocycles. The molecule has 0 aliphatic carbocycles. The Bertz CT molecular complexity index is 1330. The van der Waals surface area contributed by atoms with Crippen LogP contribution in [0.5, 0.6) is 0 Å². The molecule has 0 saturated heterocycles. The van der Waals surface area contributed by atoms with Crippen molar-refractivity contribution in [3.05, 3.63) is 41.6 Å². The Hall–Kier alpha value is -3.53. The second-order valence-corrected chi connectivity index (χ2v) is 8.63. The van der Waals surface area contributed by atoms with Gasteiger partial charge in [0, 0.05) is 36.8 Å². The van der Waals surface area contributed by atoms with Gasteiger partial charge in [0.1, 0.15) is 22.8 Å². The smallest absolute Gasteiger partial charge is 0.428 e. The lowest BCUT2D eigenvalue weighted by Gasteiger charge is -2.26. The summed E-state index contributed by atoms with van der Waals surface area (Å²) in [5, 5.41) is 11.4. The van der Waals surface area contributed by atoms with Gasteiger partial charge in [0.05, 0.1) is 22.9 Å². The maximum absolute atomic E-state index is 15.4. The SMILES string of the molecule is CNc1cn2cc(-c3c(Cl)c(F)c(NN(C)C(=O)OC(C)(C)C)c4[nH]ncc34)ccc2n1. The average molecular weight is 460 g/mol. The lowest BCUT2D eigenvalue weighted by atomic mass is 10.0. The summed E-state index contributed by atoms with van der Waals surface area (Å²) in [6, 6.07) is 3.63. The standard InChI is InChI=1S/C21H23ClFN7O2/c1-21(2,3)32-20(31)29(5)28-19-17(23)16(22)15(12-8-25-27-18(12)19)11-6-7-14-26-13(24-4)10-30(14)9-11/h6-10,24,28H,1-5H3,(H,25,27). The van der Waals surface area contributed by atoms with Crippen LogP contribution in [-0.4, -0.2) is 50.4 Å². The Morgan fingerprint density at radius 3 is 2.75 bits per heavy atom. The molecule has 0 atom stereocenters. The summed E-state index contributed by atoms with van der Waals surface area (Å²) >= 11 is 6.49. The molecule has 0 radical (unpaired) electrons. The van der Waals surface area contributed by atoms with Crippen molar-refractivity contribution in [2.45, 2.75) is 26.4 Å². The third-order valence-electron chi connectivity index (χ3n) is 4.73. The van der Waals surface area contributed by atoms with Crippen molar-refractivity contribution in [3.63, 3.8) is 0 Å². The largest absolute Gasteiger partial charge is 0.442 e. The molecule has 3 aromatic heterocycles. The number of ether oxygens (including phenoxy) is 1. The number of hydrogen-bond donors (Lipinski definition) is 3. The zero-order valence-corrected chi connectivity index (χ0v) is 19.0. The normalized spacial score (nSPS) is 11.7. The summed E-state index contributed by atoms with van der Waals surface area (Å²) in [4.78, 5) is 16.7. The molecular weight excluding hydrogens is 437 g/mol. The summed E-state index contributed by atoms with van der Waals surface area (Å²) in [5.41, 5.74) is 4.26. The topological polar surface area (TPSA) is 99.6 Å². The molecule has 1 aromatic carbocycles. The van der Waals surface area contributed by atoms with Crippen LogP contribution < -0.4 is 10.7 Å². The number of pyridine rings is 1. The molecule has 3 N–H and O–H groups in total. The number of hydrazine groups is 1. The van der Waals surface area contributed by atoms with E-state index < -0.39 is 17.5 Å². The van der Waals surface area contributed by atoms with Crippen molar-refractivity contribution < 1.29 is 13.9 Å². The number of anilines is 2. The van der Waals surface area contributed by atoms with Crippen LogP contribution in [0.3, 0.4) is 0 Å². The van der Waals surface area contributed by atoms with Crippen LogP contribution >= 0.6 is 11.6 Å². The van der Waals surface area contributed by atoms with Gasteiger partial charge >= 0.3 is 6.09 Å². The number of nitrogens with zero attached hydrogens (tertiary/aromatic N) is 4. The van der Waals surface area contributed by atoms with E-state index in [2.05, 4.69) is 25.9 Å². The number of hydrogen-bond acceptors (Lipinski definition) is 6.